The Bertz CT molecular complexity index is 565. The summed E-state index contributed by atoms with van der Waals surface area (Å²) in [5.41, 5.74) is 0.634. The van der Waals surface area contributed by atoms with Gasteiger partial charge in [-0.05, 0) is 37.0 Å². The van der Waals surface area contributed by atoms with Crippen molar-refractivity contribution in [2.24, 2.45) is 5.92 Å². The zero-order valence-corrected chi connectivity index (χ0v) is 13.3. The maximum absolute atomic E-state index is 12.9. The molecule has 2 aliphatic rings. The smallest absolute Gasteiger partial charge is 0.308 e. The van der Waals surface area contributed by atoms with Gasteiger partial charge < -0.3 is 10.0 Å². The molecule has 0 aromatic heterocycles. The highest BCUT2D eigenvalue weighted by molar-refractivity contribution is 9.10. The van der Waals surface area contributed by atoms with Crippen molar-refractivity contribution in [2.45, 2.75) is 31.1 Å². The first-order chi connectivity index (χ1) is 10.0. The lowest BCUT2D eigenvalue weighted by Gasteiger charge is -2.43. The number of benzene rings is 1. The van der Waals surface area contributed by atoms with Crippen molar-refractivity contribution in [3.8, 4) is 0 Å². The molecule has 1 atom stereocenters. The molecular formula is C16H18BrNO3. The lowest BCUT2D eigenvalue weighted by molar-refractivity contribution is -0.142. The highest BCUT2D eigenvalue weighted by atomic mass is 79.9. The second kappa shape index (κ2) is 5.44. The predicted octanol–water partition coefficient (Wildman–Crippen LogP) is 2.80. The molecule has 1 amide bonds. The molecule has 0 bridgehead atoms. The second-order valence-electron chi connectivity index (χ2n) is 6.02. The van der Waals surface area contributed by atoms with Crippen LogP contribution in [-0.2, 0) is 15.0 Å². The number of carboxylic acid groups (broad SMARTS) is 1. The van der Waals surface area contributed by atoms with Crippen LogP contribution in [-0.4, -0.2) is 35.0 Å². The third-order valence-corrected chi connectivity index (χ3v) is 5.37. The molecule has 1 N–H and O–H groups in total. The molecule has 2 fully saturated rings. The number of rotatable bonds is 3. The molecule has 0 radical (unpaired) electrons. The van der Waals surface area contributed by atoms with Gasteiger partial charge in [-0.25, -0.2) is 0 Å². The van der Waals surface area contributed by atoms with E-state index >= 15 is 0 Å². The first-order valence-corrected chi connectivity index (χ1v) is 8.10. The monoisotopic (exact) mass is 351 g/mol. The fraction of sp³-hybridized carbons (Fsp3) is 0.500. The molecule has 0 spiro atoms. The number of nitrogens with zero attached hydrogens (tertiary/aromatic N) is 1. The molecule has 1 aliphatic carbocycles. The van der Waals surface area contributed by atoms with Crippen LogP contribution in [0.4, 0.5) is 0 Å². The van der Waals surface area contributed by atoms with Crippen LogP contribution < -0.4 is 0 Å². The highest BCUT2D eigenvalue weighted by Gasteiger charge is 2.49. The standard InChI is InChI=1S/C16H18BrNO3/c17-13-4-2-12(3-5-13)16(7-1-8-16)15(21)18-9-6-11(10-18)14(19)20/h2-5,11H,1,6-10H2,(H,19,20)/t11-/m1/s1. The Hall–Kier alpha value is -1.36. The van der Waals surface area contributed by atoms with E-state index in [1.165, 1.54) is 0 Å². The molecule has 1 heterocycles. The third kappa shape index (κ3) is 2.48. The minimum absolute atomic E-state index is 0.111. The van der Waals surface area contributed by atoms with E-state index in [1.807, 2.05) is 24.3 Å². The van der Waals surface area contributed by atoms with Gasteiger partial charge in [-0.1, -0.05) is 34.5 Å². The van der Waals surface area contributed by atoms with Crippen LogP contribution in [0.1, 0.15) is 31.2 Å². The van der Waals surface area contributed by atoms with E-state index in [9.17, 15) is 9.59 Å². The van der Waals surface area contributed by atoms with Crippen molar-refractivity contribution in [2.75, 3.05) is 13.1 Å². The molecule has 5 heteroatoms. The van der Waals surface area contributed by atoms with Crippen molar-refractivity contribution < 1.29 is 14.7 Å². The normalized spacial score (nSPS) is 23.7. The van der Waals surface area contributed by atoms with Gasteiger partial charge in [-0.2, -0.15) is 0 Å². The number of carbonyl (C=O) groups excluding carboxylic acids is 1. The van der Waals surface area contributed by atoms with Crippen LogP contribution >= 0.6 is 15.9 Å². The van der Waals surface area contributed by atoms with Crippen molar-refractivity contribution in [3.05, 3.63) is 34.3 Å². The summed E-state index contributed by atoms with van der Waals surface area (Å²) >= 11 is 3.42. The van der Waals surface area contributed by atoms with Crippen LogP contribution in [0.3, 0.4) is 0 Å². The number of carboxylic acids is 1. The summed E-state index contributed by atoms with van der Waals surface area (Å²) in [7, 11) is 0. The topological polar surface area (TPSA) is 57.6 Å². The number of hydrogen-bond donors (Lipinski definition) is 1. The van der Waals surface area contributed by atoms with Gasteiger partial charge in [0, 0.05) is 17.6 Å². The Morgan fingerprint density at radius 2 is 1.90 bits per heavy atom. The third-order valence-electron chi connectivity index (χ3n) is 4.84. The summed E-state index contributed by atoms with van der Waals surface area (Å²) in [5.74, 6) is -1.09. The maximum Gasteiger partial charge on any atom is 0.308 e. The molecule has 1 saturated heterocycles. The molecule has 21 heavy (non-hydrogen) atoms. The van der Waals surface area contributed by atoms with E-state index in [0.29, 0.717) is 19.5 Å². The van der Waals surface area contributed by atoms with Crippen LogP contribution in [0.25, 0.3) is 0 Å². The Labute approximate surface area is 132 Å². The van der Waals surface area contributed by atoms with Gasteiger partial charge in [0.2, 0.25) is 5.91 Å². The number of halogens is 1. The lowest BCUT2D eigenvalue weighted by atomic mass is 9.63. The van der Waals surface area contributed by atoms with Crippen LogP contribution in [0.2, 0.25) is 0 Å². The van der Waals surface area contributed by atoms with E-state index in [0.717, 1.165) is 29.3 Å². The number of likely N-dealkylation sites (tertiary alicyclic amines) is 1. The zero-order chi connectivity index (χ0) is 15.0. The SMILES string of the molecule is O=C(O)[C@@H]1CCN(C(=O)C2(c3ccc(Br)cc3)CCC2)C1. The Kier molecular flexibility index (Phi) is 3.78. The number of hydrogen-bond acceptors (Lipinski definition) is 2. The Morgan fingerprint density at radius 3 is 2.38 bits per heavy atom. The summed E-state index contributed by atoms with van der Waals surface area (Å²) in [4.78, 5) is 25.7. The van der Waals surface area contributed by atoms with Crippen LogP contribution in [0, 0.1) is 5.92 Å². The van der Waals surface area contributed by atoms with E-state index in [2.05, 4.69) is 15.9 Å². The van der Waals surface area contributed by atoms with Gasteiger partial charge in [-0.3, -0.25) is 9.59 Å². The number of aliphatic carboxylic acids is 1. The summed E-state index contributed by atoms with van der Waals surface area (Å²) in [6.45, 7) is 0.917. The van der Waals surface area contributed by atoms with E-state index in [4.69, 9.17) is 5.11 Å². The minimum Gasteiger partial charge on any atom is -0.481 e. The summed E-state index contributed by atoms with van der Waals surface area (Å²) in [6, 6.07) is 7.94. The van der Waals surface area contributed by atoms with Gasteiger partial charge in [0.15, 0.2) is 0 Å². The fourth-order valence-corrected chi connectivity index (χ4v) is 3.64. The molecule has 1 aliphatic heterocycles. The number of carbonyl (C=O) groups is 2. The van der Waals surface area contributed by atoms with Crippen LogP contribution in [0.15, 0.2) is 28.7 Å². The second-order valence-corrected chi connectivity index (χ2v) is 6.93. The Balaban J connectivity index is 1.81. The van der Waals surface area contributed by atoms with E-state index in [-0.39, 0.29) is 5.91 Å². The maximum atomic E-state index is 12.9. The molecule has 1 saturated carbocycles. The largest absolute Gasteiger partial charge is 0.481 e. The molecule has 4 nitrogen and oxygen atoms in total. The molecule has 1 aromatic carbocycles. The molecular weight excluding hydrogens is 334 g/mol. The van der Waals surface area contributed by atoms with Gasteiger partial charge in [0.25, 0.3) is 0 Å². The summed E-state index contributed by atoms with van der Waals surface area (Å²) < 4.78 is 1.00. The van der Waals surface area contributed by atoms with Crippen molar-refractivity contribution >= 4 is 27.8 Å². The fourth-order valence-electron chi connectivity index (χ4n) is 3.37. The first-order valence-electron chi connectivity index (χ1n) is 7.31. The van der Waals surface area contributed by atoms with Crippen molar-refractivity contribution in [1.82, 2.24) is 4.90 Å². The summed E-state index contributed by atoms with van der Waals surface area (Å²) in [5, 5.41) is 9.09. The molecule has 0 unspecified atom stereocenters. The van der Waals surface area contributed by atoms with E-state index < -0.39 is 17.3 Å². The predicted molar refractivity (Wildman–Crippen MR) is 82.0 cm³/mol. The average molecular weight is 352 g/mol. The molecule has 3 rings (SSSR count). The zero-order valence-electron chi connectivity index (χ0n) is 11.7. The number of amides is 1. The van der Waals surface area contributed by atoms with Crippen molar-refractivity contribution in [1.29, 1.82) is 0 Å². The van der Waals surface area contributed by atoms with Gasteiger partial charge >= 0.3 is 5.97 Å². The molecule has 112 valence electrons. The van der Waals surface area contributed by atoms with Gasteiger partial charge in [-0.15, -0.1) is 0 Å². The molecule has 1 aromatic rings. The van der Waals surface area contributed by atoms with Crippen LogP contribution in [0.5, 0.6) is 0 Å². The highest BCUT2D eigenvalue weighted by Crippen LogP contribution is 2.46. The summed E-state index contributed by atoms with van der Waals surface area (Å²) in [6.07, 6.45) is 3.35. The van der Waals surface area contributed by atoms with Gasteiger partial charge in [0.1, 0.15) is 0 Å². The average Bonchev–Trinajstić information content (AvgIpc) is 2.89. The van der Waals surface area contributed by atoms with Crippen molar-refractivity contribution in [3.63, 3.8) is 0 Å². The first kappa shape index (κ1) is 14.6. The lowest BCUT2D eigenvalue weighted by Crippen LogP contribution is -2.50. The Morgan fingerprint density at radius 1 is 1.24 bits per heavy atom. The van der Waals surface area contributed by atoms with E-state index in [1.54, 1.807) is 4.90 Å². The quantitative estimate of drug-likeness (QED) is 0.910. The van der Waals surface area contributed by atoms with Gasteiger partial charge in [0.05, 0.1) is 11.3 Å². The minimum atomic E-state index is -0.795.